The topological polar surface area (TPSA) is 32.8 Å². The van der Waals surface area contributed by atoms with E-state index in [4.69, 9.17) is 4.74 Å². The van der Waals surface area contributed by atoms with Crippen LogP contribution in [0.3, 0.4) is 0 Å². The minimum absolute atomic E-state index is 0.160. The number of hydrogen-bond acceptors (Lipinski definition) is 3. The third kappa shape index (κ3) is 7.51. The van der Waals surface area contributed by atoms with E-state index >= 15 is 0 Å². The van der Waals surface area contributed by atoms with Gasteiger partial charge in [0.1, 0.15) is 0 Å². The first-order valence-corrected chi connectivity index (χ1v) is 8.30. The van der Waals surface area contributed by atoms with Crippen LogP contribution in [-0.2, 0) is 4.74 Å². The van der Waals surface area contributed by atoms with Gasteiger partial charge >= 0.3 is 6.09 Å². The van der Waals surface area contributed by atoms with Gasteiger partial charge in [-0.25, -0.2) is 4.79 Å². The molecule has 1 aliphatic rings. The maximum absolute atomic E-state index is 11.6. The molecule has 0 saturated carbocycles. The molecule has 1 heterocycles. The Morgan fingerprint density at radius 3 is 2.43 bits per heavy atom. The van der Waals surface area contributed by atoms with Gasteiger partial charge in [-0.2, -0.15) is 0 Å². The van der Waals surface area contributed by atoms with Crippen LogP contribution in [0, 0.1) is 5.92 Å². The number of allylic oxidation sites excluding steroid dienone is 2. The Bertz CT molecular complexity index is 330. The van der Waals surface area contributed by atoms with Gasteiger partial charge in [0.25, 0.3) is 0 Å². The highest BCUT2D eigenvalue weighted by Gasteiger charge is 2.21. The van der Waals surface area contributed by atoms with Gasteiger partial charge in [0.2, 0.25) is 0 Å². The Morgan fingerprint density at radius 2 is 1.86 bits per heavy atom. The average Bonchev–Trinajstić information content (AvgIpc) is 2.45. The van der Waals surface area contributed by atoms with Gasteiger partial charge in [0.15, 0.2) is 0 Å². The number of hydrogen-bond donors (Lipinski definition) is 0. The SMILES string of the molecule is CCOC(=O)N1CCN(CCC(C)CCC=C(C)C)CC1. The number of ether oxygens (including phenoxy) is 1. The second-order valence-corrected chi connectivity index (χ2v) is 6.28. The molecular weight excluding hydrogens is 264 g/mol. The number of rotatable bonds is 7. The highest BCUT2D eigenvalue weighted by molar-refractivity contribution is 5.67. The lowest BCUT2D eigenvalue weighted by Crippen LogP contribution is -2.49. The van der Waals surface area contributed by atoms with E-state index in [9.17, 15) is 4.79 Å². The fourth-order valence-corrected chi connectivity index (χ4v) is 2.57. The van der Waals surface area contributed by atoms with Crippen LogP contribution in [0.5, 0.6) is 0 Å². The van der Waals surface area contributed by atoms with Crippen LogP contribution in [0.15, 0.2) is 11.6 Å². The van der Waals surface area contributed by atoms with E-state index in [1.165, 1.54) is 24.8 Å². The summed E-state index contributed by atoms with van der Waals surface area (Å²) >= 11 is 0. The molecule has 0 radical (unpaired) electrons. The van der Waals surface area contributed by atoms with Crippen LogP contribution in [0.25, 0.3) is 0 Å². The van der Waals surface area contributed by atoms with E-state index in [2.05, 4.69) is 31.7 Å². The zero-order valence-corrected chi connectivity index (χ0v) is 14.2. The average molecular weight is 296 g/mol. The maximum Gasteiger partial charge on any atom is 0.409 e. The summed E-state index contributed by atoms with van der Waals surface area (Å²) in [6.45, 7) is 13.7. The first kappa shape index (κ1) is 18.0. The maximum atomic E-state index is 11.6. The summed E-state index contributed by atoms with van der Waals surface area (Å²) in [5.41, 5.74) is 1.41. The van der Waals surface area contributed by atoms with E-state index < -0.39 is 0 Å². The summed E-state index contributed by atoms with van der Waals surface area (Å²) in [6, 6.07) is 0. The van der Waals surface area contributed by atoms with Crippen molar-refractivity contribution in [2.75, 3.05) is 39.3 Å². The Hall–Kier alpha value is -1.03. The second-order valence-electron chi connectivity index (χ2n) is 6.28. The molecule has 1 unspecified atom stereocenters. The number of piperazine rings is 1. The minimum atomic E-state index is -0.160. The molecule has 1 amide bonds. The Labute approximate surface area is 130 Å². The van der Waals surface area contributed by atoms with Crippen LogP contribution in [0.4, 0.5) is 4.79 Å². The molecule has 122 valence electrons. The molecule has 1 aliphatic heterocycles. The smallest absolute Gasteiger partial charge is 0.409 e. The first-order valence-electron chi connectivity index (χ1n) is 8.30. The predicted molar refractivity (Wildman–Crippen MR) is 87.5 cm³/mol. The van der Waals surface area contributed by atoms with Crippen molar-refractivity contribution in [2.45, 2.75) is 47.0 Å². The molecule has 0 spiro atoms. The highest BCUT2D eigenvalue weighted by Crippen LogP contribution is 2.13. The lowest BCUT2D eigenvalue weighted by atomic mass is 10.0. The molecule has 1 saturated heterocycles. The summed E-state index contributed by atoms with van der Waals surface area (Å²) in [5.74, 6) is 0.767. The standard InChI is InChI=1S/C17H32N2O2/c1-5-21-17(20)19-13-11-18(12-14-19)10-9-16(4)8-6-7-15(2)3/h7,16H,5-6,8-14H2,1-4H3. The summed E-state index contributed by atoms with van der Waals surface area (Å²) < 4.78 is 5.04. The molecule has 21 heavy (non-hydrogen) atoms. The lowest BCUT2D eigenvalue weighted by molar-refractivity contribution is 0.0782. The molecule has 1 fully saturated rings. The van der Waals surface area contributed by atoms with Gasteiger partial charge in [-0.15, -0.1) is 0 Å². The van der Waals surface area contributed by atoms with E-state index in [-0.39, 0.29) is 6.09 Å². The third-order valence-corrected chi connectivity index (χ3v) is 4.05. The normalized spacial score (nSPS) is 17.4. The Balaban J connectivity index is 2.15. The summed E-state index contributed by atoms with van der Waals surface area (Å²) in [7, 11) is 0. The van der Waals surface area contributed by atoms with Crippen molar-refractivity contribution in [3.8, 4) is 0 Å². The number of carbonyl (C=O) groups excluding carboxylic acids is 1. The van der Waals surface area contributed by atoms with Crippen LogP contribution < -0.4 is 0 Å². The largest absolute Gasteiger partial charge is 0.450 e. The lowest BCUT2D eigenvalue weighted by Gasteiger charge is -2.34. The molecule has 0 aromatic carbocycles. The number of nitrogens with zero attached hydrogens (tertiary/aromatic N) is 2. The molecule has 4 nitrogen and oxygen atoms in total. The van der Waals surface area contributed by atoms with Crippen molar-refractivity contribution in [1.82, 2.24) is 9.80 Å². The van der Waals surface area contributed by atoms with Crippen molar-refractivity contribution in [2.24, 2.45) is 5.92 Å². The second kappa shape index (κ2) is 9.82. The zero-order valence-electron chi connectivity index (χ0n) is 14.2. The van der Waals surface area contributed by atoms with Gasteiger partial charge in [0.05, 0.1) is 6.61 Å². The summed E-state index contributed by atoms with van der Waals surface area (Å²) in [6.07, 6.45) is 5.88. The fourth-order valence-electron chi connectivity index (χ4n) is 2.57. The Morgan fingerprint density at radius 1 is 1.19 bits per heavy atom. The molecule has 0 aromatic rings. The molecule has 0 aromatic heterocycles. The Kier molecular flexibility index (Phi) is 8.43. The highest BCUT2D eigenvalue weighted by atomic mass is 16.6. The predicted octanol–water partition coefficient (Wildman–Crippen LogP) is 3.53. The molecule has 1 rings (SSSR count). The van der Waals surface area contributed by atoms with Crippen molar-refractivity contribution >= 4 is 6.09 Å². The van der Waals surface area contributed by atoms with Crippen molar-refractivity contribution in [3.63, 3.8) is 0 Å². The summed E-state index contributed by atoms with van der Waals surface area (Å²) in [4.78, 5) is 15.9. The minimum Gasteiger partial charge on any atom is -0.450 e. The fraction of sp³-hybridized carbons (Fsp3) is 0.824. The molecule has 4 heteroatoms. The molecule has 0 N–H and O–H groups in total. The third-order valence-electron chi connectivity index (χ3n) is 4.05. The monoisotopic (exact) mass is 296 g/mol. The van der Waals surface area contributed by atoms with Gasteiger partial charge < -0.3 is 9.64 Å². The van der Waals surface area contributed by atoms with Gasteiger partial charge in [0, 0.05) is 26.2 Å². The van der Waals surface area contributed by atoms with Gasteiger partial charge in [-0.1, -0.05) is 18.6 Å². The van der Waals surface area contributed by atoms with Gasteiger partial charge in [-0.3, -0.25) is 4.90 Å². The number of carbonyl (C=O) groups is 1. The molecule has 0 bridgehead atoms. The first-order chi connectivity index (χ1) is 10.0. The van der Waals surface area contributed by atoms with Gasteiger partial charge in [-0.05, 0) is 52.5 Å². The van der Waals surface area contributed by atoms with Crippen molar-refractivity contribution in [1.29, 1.82) is 0 Å². The molecule has 0 aliphatic carbocycles. The van der Waals surface area contributed by atoms with Crippen molar-refractivity contribution < 1.29 is 9.53 Å². The quantitative estimate of drug-likeness (QED) is 0.674. The summed E-state index contributed by atoms with van der Waals surface area (Å²) in [5, 5.41) is 0. The van der Waals surface area contributed by atoms with E-state index in [0.29, 0.717) is 6.61 Å². The van der Waals surface area contributed by atoms with E-state index in [1.54, 1.807) is 0 Å². The van der Waals surface area contributed by atoms with Crippen LogP contribution in [0.2, 0.25) is 0 Å². The zero-order chi connectivity index (χ0) is 15.7. The van der Waals surface area contributed by atoms with Crippen LogP contribution in [0.1, 0.15) is 47.0 Å². The van der Waals surface area contributed by atoms with E-state index in [0.717, 1.165) is 38.6 Å². The molecule has 1 atom stereocenters. The molecular formula is C17H32N2O2. The number of amides is 1. The van der Waals surface area contributed by atoms with Crippen LogP contribution >= 0.6 is 0 Å². The van der Waals surface area contributed by atoms with Crippen LogP contribution in [-0.4, -0.2) is 55.2 Å². The van der Waals surface area contributed by atoms with Crippen molar-refractivity contribution in [3.05, 3.63) is 11.6 Å². The van der Waals surface area contributed by atoms with E-state index in [1.807, 2.05) is 11.8 Å².